The lowest BCUT2D eigenvalue weighted by Gasteiger charge is -2.24. The van der Waals surface area contributed by atoms with E-state index in [-0.39, 0.29) is 17.3 Å². The number of hydrogen-bond donors (Lipinski definition) is 0. The molecule has 0 saturated heterocycles. The average molecular weight is 397 g/mol. The smallest absolute Gasteiger partial charge is 0.291 e. The van der Waals surface area contributed by atoms with E-state index in [4.69, 9.17) is 11.6 Å². The zero-order valence-electron chi connectivity index (χ0n) is 13.3. The van der Waals surface area contributed by atoms with Crippen LogP contribution in [0.2, 0.25) is 0 Å². The van der Waals surface area contributed by atoms with E-state index in [9.17, 15) is 27.2 Å². The number of aromatic nitrogens is 1. The second-order valence-corrected chi connectivity index (χ2v) is 5.97. The van der Waals surface area contributed by atoms with Crippen molar-refractivity contribution in [3.05, 3.63) is 76.9 Å². The maximum absolute atomic E-state index is 13.3. The van der Waals surface area contributed by atoms with Gasteiger partial charge >= 0.3 is 6.18 Å². The van der Waals surface area contributed by atoms with Crippen molar-refractivity contribution in [1.82, 2.24) is 4.98 Å². The number of carbonyl (C=O) groups excluding carboxylic acids is 2. The molecule has 0 spiro atoms. The highest BCUT2D eigenvalue weighted by molar-refractivity contribution is 6.67. The molecule has 0 aliphatic carbocycles. The highest BCUT2D eigenvalue weighted by Gasteiger charge is 2.45. The minimum atomic E-state index is -4.94. The number of halogens is 5. The average Bonchev–Trinajstić information content (AvgIpc) is 3.11. The summed E-state index contributed by atoms with van der Waals surface area (Å²) < 4.78 is 53.2. The third-order valence-corrected chi connectivity index (χ3v) is 4.18. The molecule has 4 nitrogen and oxygen atoms in total. The minimum absolute atomic E-state index is 0.00313. The van der Waals surface area contributed by atoms with Crippen LogP contribution in [0.15, 0.2) is 53.7 Å². The first-order chi connectivity index (χ1) is 12.6. The number of ketones is 1. The van der Waals surface area contributed by atoms with Crippen molar-refractivity contribution in [3.63, 3.8) is 0 Å². The molecule has 1 aromatic carbocycles. The number of allylic oxidation sites excluding steroid dienone is 1. The lowest BCUT2D eigenvalue weighted by molar-refractivity contribution is -0.138. The van der Waals surface area contributed by atoms with Gasteiger partial charge in [-0.15, -0.1) is 0 Å². The van der Waals surface area contributed by atoms with Gasteiger partial charge in [0, 0.05) is 18.0 Å². The third-order valence-electron chi connectivity index (χ3n) is 3.96. The molecule has 1 aromatic heterocycles. The molecule has 2 aromatic rings. The fraction of sp³-hybridized carbons (Fsp3) is 0.111. The maximum atomic E-state index is 13.3. The Labute approximate surface area is 155 Å². The van der Waals surface area contributed by atoms with Crippen LogP contribution < -0.4 is 0 Å². The first-order valence-corrected chi connectivity index (χ1v) is 7.84. The summed E-state index contributed by atoms with van der Waals surface area (Å²) in [6.45, 7) is 0. The molecular formula is C18H9ClF4N2O2. The fourth-order valence-corrected chi connectivity index (χ4v) is 2.79. The first kappa shape index (κ1) is 18.9. The molecule has 1 aliphatic rings. The molecule has 138 valence electrons. The molecule has 3 rings (SSSR count). The Bertz CT molecular complexity index is 970. The number of carbonyl (C=O) groups is 2. The van der Waals surface area contributed by atoms with Crippen LogP contribution in [0.25, 0.3) is 0 Å². The van der Waals surface area contributed by atoms with Crippen LogP contribution in [0.4, 0.5) is 17.6 Å². The van der Waals surface area contributed by atoms with Gasteiger partial charge in [0.2, 0.25) is 5.78 Å². The van der Waals surface area contributed by atoms with Crippen molar-refractivity contribution >= 4 is 28.8 Å². The van der Waals surface area contributed by atoms with Crippen molar-refractivity contribution in [2.45, 2.75) is 11.7 Å². The Morgan fingerprint density at radius 3 is 2.37 bits per heavy atom. The third kappa shape index (κ3) is 3.40. The summed E-state index contributed by atoms with van der Waals surface area (Å²) in [5.41, 5.74) is -3.96. The fourth-order valence-electron chi connectivity index (χ4n) is 2.68. The van der Waals surface area contributed by atoms with Gasteiger partial charge < -0.3 is 0 Å². The highest BCUT2D eigenvalue weighted by atomic mass is 35.5. The van der Waals surface area contributed by atoms with E-state index in [1.807, 2.05) is 0 Å². The van der Waals surface area contributed by atoms with Crippen molar-refractivity contribution in [3.8, 4) is 0 Å². The molecule has 0 radical (unpaired) electrons. The Kier molecular flexibility index (Phi) is 4.69. The second kappa shape index (κ2) is 6.70. The number of aliphatic imine (C=N–C) groups is 1. The molecule has 1 atom stereocenters. The van der Waals surface area contributed by atoms with Crippen LogP contribution in [0, 0.1) is 5.82 Å². The summed E-state index contributed by atoms with van der Waals surface area (Å²) in [7, 11) is 0. The van der Waals surface area contributed by atoms with Crippen LogP contribution in [0.5, 0.6) is 0 Å². The van der Waals surface area contributed by atoms with Gasteiger partial charge in [-0.1, -0.05) is 0 Å². The van der Waals surface area contributed by atoms with Gasteiger partial charge in [-0.25, -0.2) is 4.39 Å². The molecule has 0 amide bonds. The summed E-state index contributed by atoms with van der Waals surface area (Å²) >= 11 is 5.34. The van der Waals surface area contributed by atoms with Gasteiger partial charge in [0.1, 0.15) is 5.82 Å². The molecule has 2 heterocycles. The quantitative estimate of drug-likeness (QED) is 0.439. The van der Waals surface area contributed by atoms with E-state index in [1.165, 1.54) is 30.5 Å². The van der Waals surface area contributed by atoms with Gasteiger partial charge in [0.25, 0.3) is 5.24 Å². The van der Waals surface area contributed by atoms with E-state index in [2.05, 4.69) is 9.98 Å². The normalized spacial score (nSPS) is 18.7. The van der Waals surface area contributed by atoms with Gasteiger partial charge in [-0.2, -0.15) is 13.2 Å². The molecule has 0 bridgehead atoms. The maximum Gasteiger partial charge on any atom is 0.417 e. The highest BCUT2D eigenvalue weighted by Crippen LogP contribution is 2.38. The van der Waals surface area contributed by atoms with E-state index in [0.717, 1.165) is 18.3 Å². The number of benzene rings is 1. The molecule has 1 unspecified atom stereocenters. The van der Waals surface area contributed by atoms with Crippen molar-refractivity contribution in [2.24, 2.45) is 4.99 Å². The van der Waals surface area contributed by atoms with Gasteiger partial charge in [0.15, 0.2) is 5.54 Å². The number of hydrogen-bond acceptors (Lipinski definition) is 4. The van der Waals surface area contributed by atoms with E-state index >= 15 is 0 Å². The van der Waals surface area contributed by atoms with Crippen LogP contribution in [0.1, 0.15) is 32.0 Å². The van der Waals surface area contributed by atoms with Crippen LogP contribution in [0.3, 0.4) is 0 Å². The predicted octanol–water partition coefficient (Wildman–Crippen LogP) is 4.34. The SMILES string of the molecule is O=C(Cl)c1ccc(C2(C(=O)c3ccc(F)cc3C(F)(F)F)C=CC=N2)nc1. The number of rotatable bonds is 4. The summed E-state index contributed by atoms with van der Waals surface area (Å²) in [5, 5.41) is -0.780. The summed E-state index contributed by atoms with van der Waals surface area (Å²) in [6, 6.07) is 4.34. The van der Waals surface area contributed by atoms with Crippen LogP contribution in [-0.2, 0) is 11.7 Å². The van der Waals surface area contributed by atoms with Crippen molar-refractivity contribution in [2.75, 3.05) is 0 Å². The lowest BCUT2D eigenvalue weighted by Crippen LogP contribution is -2.33. The molecular weight excluding hydrogens is 388 g/mol. The Morgan fingerprint density at radius 1 is 1.11 bits per heavy atom. The Morgan fingerprint density at radius 2 is 1.85 bits per heavy atom. The number of pyridine rings is 1. The lowest BCUT2D eigenvalue weighted by atomic mass is 9.84. The Balaban J connectivity index is 2.15. The summed E-state index contributed by atoms with van der Waals surface area (Å²) in [4.78, 5) is 32.2. The Hall–Kier alpha value is -2.87. The largest absolute Gasteiger partial charge is 0.417 e. The van der Waals surface area contributed by atoms with Gasteiger partial charge in [0.05, 0.1) is 16.8 Å². The number of nitrogens with zero attached hydrogens (tertiary/aromatic N) is 2. The molecule has 9 heteroatoms. The molecule has 0 fully saturated rings. The zero-order valence-corrected chi connectivity index (χ0v) is 14.1. The molecule has 1 aliphatic heterocycles. The molecule has 27 heavy (non-hydrogen) atoms. The van der Waals surface area contributed by atoms with Crippen molar-refractivity contribution in [1.29, 1.82) is 0 Å². The zero-order chi connectivity index (χ0) is 19.8. The number of alkyl halides is 3. The predicted molar refractivity (Wildman–Crippen MR) is 89.5 cm³/mol. The van der Waals surface area contributed by atoms with E-state index in [0.29, 0.717) is 0 Å². The minimum Gasteiger partial charge on any atom is -0.291 e. The standard InChI is InChI=1S/C18H9ClF4N2O2/c19-16(27)10-2-5-14(24-9-10)17(6-1-7-25-17)15(26)12-4-3-11(20)8-13(12)18(21,22)23/h1-9H. The van der Waals surface area contributed by atoms with Gasteiger partial charge in [-0.05, 0) is 54.1 Å². The van der Waals surface area contributed by atoms with E-state index in [1.54, 1.807) is 0 Å². The van der Waals surface area contributed by atoms with Crippen molar-refractivity contribution < 1.29 is 27.2 Å². The second-order valence-electron chi connectivity index (χ2n) is 5.63. The summed E-state index contributed by atoms with van der Waals surface area (Å²) in [5.74, 6) is -2.15. The monoisotopic (exact) mass is 396 g/mol. The topological polar surface area (TPSA) is 59.4 Å². The molecule has 0 saturated carbocycles. The first-order valence-electron chi connectivity index (χ1n) is 7.46. The van der Waals surface area contributed by atoms with Crippen LogP contribution >= 0.6 is 11.6 Å². The van der Waals surface area contributed by atoms with Crippen LogP contribution in [-0.4, -0.2) is 22.2 Å². The van der Waals surface area contributed by atoms with Gasteiger partial charge in [-0.3, -0.25) is 19.6 Å². The number of Topliss-reactive ketones (excluding diaryl/α,β-unsaturated/α-hetero) is 1. The summed E-state index contributed by atoms with van der Waals surface area (Å²) in [6.07, 6.45) is 0.0661. The molecule has 0 N–H and O–H groups in total. The van der Waals surface area contributed by atoms with E-state index < -0.39 is 39.7 Å².